The lowest BCUT2D eigenvalue weighted by Crippen LogP contribution is -2.12. The average molecular weight is 467 g/mol. The largest absolute Gasteiger partial charge is 0.394 e. The summed E-state index contributed by atoms with van der Waals surface area (Å²) in [5.41, 5.74) is 0.932. The summed E-state index contributed by atoms with van der Waals surface area (Å²) < 4.78 is 63.6. The first-order valence-electron chi connectivity index (χ1n) is 9.51. The van der Waals surface area contributed by atoms with E-state index in [2.05, 4.69) is 5.10 Å². The lowest BCUT2D eigenvalue weighted by Gasteiger charge is -2.11. The third kappa shape index (κ3) is 5.16. The molecule has 0 saturated carbocycles. The van der Waals surface area contributed by atoms with Crippen molar-refractivity contribution >= 4 is 15.5 Å². The van der Waals surface area contributed by atoms with Crippen LogP contribution >= 0.6 is 0 Å². The van der Waals surface area contributed by atoms with Crippen LogP contribution in [0.15, 0.2) is 53.4 Å². The third-order valence-corrected chi connectivity index (χ3v) is 5.93. The Hall–Kier alpha value is -3.21. The highest BCUT2D eigenvalue weighted by Crippen LogP contribution is 2.32. The molecule has 0 saturated heterocycles. The molecule has 1 heterocycles. The van der Waals surface area contributed by atoms with Crippen LogP contribution in [0.5, 0.6) is 0 Å². The zero-order chi connectivity index (χ0) is 23.8. The van der Waals surface area contributed by atoms with Gasteiger partial charge in [-0.1, -0.05) is 26.0 Å². The van der Waals surface area contributed by atoms with Crippen molar-refractivity contribution in [1.82, 2.24) is 9.78 Å². The van der Waals surface area contributed by atoms with Crippen LogP contribution in [0.4, 0.5) is 18.9 Å². The summed E-state index contributed by atoms with van der Waals surface area (Å²) in [6.07, 6.45) is -4.73. The molecule has 0 aliphatic carbocycles. The SMILES string of the molecule is CC(C)c1ccc(-n2nc(CC(F)(F)F)cc2-c2ccc(S(C)(=O)=O)cc2)cc1[N+](=O)[O-]. The smallest absolute Gasteiger partial charge is 0.258 e. The zero-order valence-corrected chi connectivity index (χ0v) is 18.2. The maximum absolute atomic E-state index is 13.0. The molecule has 11 heteroatoms. The fraction of sp³-hybridized carbons (Fsp3) is 0.286. The van der Waals surface area contributed by atoms with Gasteiger partial charge in [-0.3, -0.25) is 10.1 Å². The topological polar surface area (TPSA) is 95.1 Å². The average Bonchev–Trinajstić information content (AvgIpc) is 3.08. The Morgan fingerprint density at radius 2 is 1.72 bits per heavy atom. The highest BCUT2D eigenvalue weighted by atomic mass is 32.2. The summed E-state index contributed by atoms with van der Waals surface area (Å²) in [5.74, 6) is -0.133. The van der Waals surface area contributed by atoms with E-state index >= 15 is 0 Å². The van der Waals surface area contributed by atoms with E-state index in [4.69, 9.17) is 0 Å². The summed E-state index contributed by atoms with van der Waals surface area (Å²) in [6.45, 7) is 3.60. The Bertz CT molecular complexity index is 1260. The number of nitro groups is 1. The number of benzene rings is 2. The molecule has 2 aromatic carbocycles. The molecule has 3 aromatic rings. The molecular formula is C21H20F3N3O4S. The zero-order valence-electron chi connectivity index (χ0n) is 17.4. The number of rotatable bonds is 6. The summed E-state index contributed by atoms with van der Waals surface area (Å²) in [5, 5.41) is 15.6. The van der Waals surface area contributed by atoms with Crippen molar-refractivity contribution in [3.05, 3.63) is 69.9 Å². The van der Waals surface area contributed by atoms with E-state index in [0.29, 0.717) is 11.1 Å². The van der Waals surface area contributed by atoms with Gasteiger partial charge in [0.15, 0.2) is 9.84 Å². The lowest BCUT2D eigenvalue weighted by atomic mass is 10.0. The standard InChI is InChI=1S/C21H20F3N3O4S/c1-13(2)18-9-6-16(11-20(18)27(28)29)26-19(10-15(25-26)12-21(22,23)24)14-4-7-17(8-5-14)32(3,30)31/h4-11,13H,12H2,1-3H3. The Labute approximate surface area is 182 Å². The monoisotopic (exact) mass is 467 g/mol. The van der Waals surface area contributed by atoms with Crippen molar-refractivity contribution in [3.63, 3.8) is 0 Å². The summed E-state index contributed by atoms with van der Waals surface area (Å²) in [6, 6.07) is 11.2. The number of halogens is 3. The van der Waals surface area contributed by atoms with Crippen LogP contribution < -0.4 is 0 Å². The van der Waals surface area contributed by atoms with Gasteiger partial charge >= 0.3 is 6.18 Å². The second kappa shape index (κ2) is 8.38. The van der Waals surface area contributed by atoms with Crippen molar-refractivity contribution in [2.24, 2.45) is 0 Å². The van der Waals surface area contributed by atoms with Crippen molar-refractivity contribution < 1.29 is 26.5 Å². The van der Waals surface area contributed by atoms with E-state index < -0.39 is 27.4 Å². The number of aromatic nitrogens is 2. The highest BCUT2D eigenvalue weighted by Gasteiger charge is 2.30. The van der Waals surface area contributed by atoms with Gasteiger partial charge in [0.1, 0.15) is 0 Å². The minimum atomic E-state index is -4.50. The molecule has 1 aromatic heterocycles. The molecule has 7 nitrogen and oxygen atoms in total. The van der Waals surface area contributed by atoms with Crippen molar-refractivity contribution in [2.75, 3.05) is 6.26 Å². The van der Waals surface area contributed by atoms with Crippen LogP contribution in [-0.4, -0.2) is 35.6 Å². The van der Waals surface area contributed by atoms with Gasteiger partial charge in [-0.2, -0.15) is 18.3 Å². The van der Waals surface area contributed by atoms with Gasteiger partial charge in [-0.25, -0.2) is 13.1 Å². The van der Waals surface area contributed by atoms with Crippen molar-refractivity contribution in [2.45, 2.75) is 37.3 Å². The molecule has 0 aliphatic heterocycles. The van der Waals surface area contributed by atoms with Crippen LogP contribution in [0.2, 0.25) is 0 Å². The Balaban J connectivity index is 2.19. The maximum atomic E-state index is 13.0. The van der Waals surface area contributed by atoms with E-state index in [9.17, 15) is 31.7 Å². The first-order chi connectivity index (χ1) is 14.8. The Morgan fingerprint density at radius 3 is 2.22 bits per heavy atom. The van der Waals surface area contributed by atoms with Gasteiger partial charge in [0.05, 0.1) is 33.3 Å². The molecule has 0 amide bonds. The predicted octanol–water partition coefficient (Wildman–Crippen LogP) is 5.08. The van der Waals surface area contributed by atoms with Gasteiger partial charge in [0.2, 0.25) is 0 Å². The number of hydrogen-bond donors (Lipinski definition) is 0. The summed E-state index contributed by atoms with van der Waals surface area (Å²) >= 11 is 0. The second-order valence-electron chi connectivity index (χ2n) is 7.68. The molecule has 32 heavy (non-hydrogen) atoms. The van der Waals surface area contributed by atoms with Crippen molar-refractivity contribution in [3.8, 4) is 16.9 Å². The molecule has 0 spiro atoms. The quantitative estimate of drug-likeness (QED) is 0.372. The lowest BCUT2D eigenvalue weighted by molar-refractivity contribution is -0.385. The summed E-state index contributed by atoms with van der Waals surface area (Å²) in [7, 11) is -3.46. The van der Waals surface area contributed by atoms with Gasteiger partial charge < -0.3 is 0 Å². The molecule has 0 radical (unpaired) electrons. The molecule has 0 aliphatic rings. The van der Waals surface area contributed by atoms with Crippen LogP contribution in [0.3, 0.4) is 0 Å². The van der Waals surface area contributed by atoms with Gasteiger partial charge in [-0.05, 0) is 36.2 Å². The first-order valence-corrected chi connectivity index (χ1v) is 11.4. The number of nitrogens with zero attached hydrogens (tertiary/aromatic N) is 3. The van der Waals surface area contributed by atoms with Crippen LogP contribution in [0.25, 0.3) is 16.9 Å². The van der Waals surface area contributed by atoms with Crippen LogP contribution in [0, 0.1) is 10.1 Å². The van der Waals surface area contributed by atoms with E-state index in [1.165, 1.54) is 41.1 Å². The number of alkyl halides is 3. The molecule has 3 rings (SSSR count). The van der Waals surface area contributed by atoms with Gasteiger partial charge in [-0.15, -0.1) is 0 Å². The Kier molecular flexibility index (Phi) is 6.14. The minimum absolute atomic E-state index is 0.0553. The molecule has 0 fully saturated rings. The molecule has 0 unspecified atom stereocenters. The highest BCUT2D eigenvalue weighted by molar-refractivity contribution is 7.90. The molecule has 0 bridgehead atoms. The first kappa shape index (κ1) is 23.5. The van der Waals surface area contributed by atoms with E-state index in [1.54, 1.807) is 26.0 Å². The molecular weight excluding hydrogens is 447 g/mol. The van der Waals surface area contributed by atoms with Crippen LogP contribution in [-0.2, 0) is 16.3 Å². The normalized spacial score (nSPS) is 12.3. The van der Waals surface area contributed by atoms with Crippen molar-refractivity contribution in [1.29, 1.82) is 0 Å². The maximum Gasteiger partial charge on any atom is 0.394 e. The summed E-state index contributed by atoms with van der Waals surface area (Å²) in [4.78, 5) is 11.1. The Morgan fingerprint density at radius 1 is 1.09 bits per heavy atom. The minimum Gasteiger partial charge on any atom is -0.258 e. The van der Waals surface area contributed by atoms with Gasteiger partial charge in [0, 0.05) is 23.4 Å². The third-order valence-electron chi connectivity index (χ3n) is 4.80. The second-order valence-corrected chi connectivity index (χ2v) is 9.69. The predicted molar refractivity (Wildman–Crippen MR) is 113 cm³/mol. The fourth-order valence-electron chi connectivity index (χ4n) is 3.31. The van der Waals surface area contributed by atoms with E-state index in [1.807, 2.05) is 0 Å². The van der Waals surface area contributed by atoms with E-state index in [-0.39, 0.29) is 33.6 Å². The number of hydrogen-bond acceptors (Lipinski definition) is 5. The number of nitro benzene ring substituents is 1. The van der Waals surface area contributed by atoms with E-state index in [0.717, 1.165) is 6.26 Å². The van der Waals surface area contributed by atoms with Gasteiger partial charge in [0.25, 0.3) is 5.69 Å². The number of sulfone groups is 1. The van der Waals surface area contributed by atoms with Crippen LogP contribution in [0.1, 0.15) is 31.0 Å². The molecule has 0 N–H and O–H groups in total. The molecule has 170 valence electrons. The fourth-order valence-corrected chi connectivity index (χ4v) is 3.94. The molecule has 0 atom stereocenters.